The van der Waals surface area contributed by atoms with E-state index in [0.29, 0.717) is 36.8 Å². The Balaban J connectivity index is 1.79. The van der Waals surface area contributed by atoms with Gasteiger partial charge in [-0.05, 0) is 36.2 Å². The van der Waals surface area contributed by atoms with Gasteiger partial charge in [-0.25, -0.2) is 0 Å². The molecule has 2 aromatic rings. The zero-order valence-corrected chi connectivity index (χ0v) is 16.4. The number of rotatable bonds is 6. The number of methoxy groups -OCH3 is 1. The van der Waals surface area contributed by atoms with Crippen molar-refractivity contribution >= 4 is 11.6 Å². The molecule has 0 unspecified atom stereocenters. The van der Waals surface area contributed by atoms with Crippen LogP contribution >= 0.6 is 0 Å². The molecule has 1 amide bonds. The van der Waals surface area contributed by atoms with Crippen LogP contribution in [-0.4, -0.2) is 44.7 Å². The Morgan fingerprint density at radius 1 is 1.11 bits per heavy atom. The molecule has 5 heteroatoms. The van der Waals surface area contributed by atoms with Crippen LogP contribution in [-0.2, 0) is 6.54 Å². The van der Waals surface area contributed by atoms with E-state index in [0.717, 1.165) is 24.9 Å². The lowest BCUT2D eigenvalue weighted by molar-refractivity contribution is 0.0751. The molecule has 0 saturated heterocycles. The highest BCUT2D eigenvalue weighted by Crippen LogP contribution is 2.30. The van der Waals surface area contributed by atoms with Gasteiger partial charge in [-0.15, -0.1) is 0 Å². The van der Waals surface area contributed by atoms with Crippen molar-refractivity contribution in [3.63, 3.8) is 0 Å². The van der Waals surface area contributed by atoms with Crippen molar-refractivity contribution in [1.82, 2.24) is 4.90 Å². The lowest BCUT2D eigenvalue weighted by Crippen LogP contribution is -2.34. The second-order valence-corrected chi connectivity index (χ2v) is 6.84. The van der Waals surface area contributed by atoms with Crippen LogP contribution in [0.15, 0.2) is 42.5 Å². The summed E-state index contributed by atoms with van der Waals surface area (Å²) >= 11 is 0. The number of fused-ring (bicyclic) bond motifs is 1. The molecule has 0 radical (unpaired) electrons. The van der Waals surface area contributed by atoms with Gasteiger partial charge < -0.3 is 19.3 Å². The first-order valence-corrected chi connectivity index (χ1v) is 9.53. The Morgan fingerprint density at radius 2 is 1.93 bits per heavy atom. The van der Waals surface area contributed by atoms with E-state index >= 15 is 0 Å². The van der Waals surface area contributed by atoms with Crippen LogP contribution in [0.5, 0.6) is 11.5 Å². The van der Waals surface area contributed by atoms with Crippen molar-refractivity contribution in [2.24, 2.45) is 0 Å². The first-order chi connectivity index (χ1) is 13.1. The van der Waals surface area contributed by atoms with Crippen molar-refractivity contribution in [2.75, 3.05) is 38.8 Å². The van der Waals surface area contributed by atoms with Gasteiger partial charge in [-0.1, -0.05) is 31.5 Å². The normalized spacial score (nSPS) is 13.7. The summed E-state index contributed by atoms with van der Waals surface area (Å²) in [6.07, 6.45) is 2.06. The lowest BCUT2D eigenvalue weighted by Gasteiger charge is -2.21. The molecular formula is C22H28N2O3. The third-order valence-corrected chi connectivity index (χ3v) is 4.92. The van der Waals surface area contributed by atoms with Crippen LogP contribution in [0, 0.1) is 0 Å². The van der Waals surface area contributed by atoms with Crippen LogP contribution in [0.2, 0.25) is 0 Å². The standard InChI is InChI=1S/C22H28N2O3/c1-4-5-14-27-20-11-10-17(15-21(20)26-3)22(25)24-13-12-23(2)19-9-7-6-8-18(19)16-24/h6-11,15H,4-5,12-14,16H2,1-3H3. The lowest BCUT2D eigenvalue weighted by atomic mass is 10.1. The minimum absolute atomic E-state index is 0.0125. The van der Waals surface area contributed by atoms with E-state index in [9.17, 15) is 4.79 Å². The van der Waals surface area contributed by atoms with Crippen molar-refractivity contribution in [1.29, 1.82) is 0 Å². The van der Waals surface area contributed by atoms with E-state index in [2.05, 4.69) is 31.0 Å². The first kappa shape index (κ1) is 19.1. The van der Waals surface area contributed by atoms with Crippen LogP contribution < -0.4 is 14.4 Å². The molecule has 0 aromatic heterocycles. The quantitative estimate of drug-likeness (QED) is 0.724. The number of anilines is 1. The second-order valence-electron chi connectivity index (χ2n) is 6.84. The van der Waals surface area contributed by atoms with E-state index in [1.54, 1.807) is 13.2 Å². The number of unbranched alkanes of at least 4 members (excludes halogenated alkanes) is 1. The summed E-state index contributed by atoms with van der Waals surface area (Å²) < 4.78 is 11.2. The van der Waals surface area contributed by atoms with Crippen molar-refractivity contribution in [2.45, 2.75) is 26.3 Å². The highest BCUT2D eigenvalue weighted by atomic mass is 16.5. The number of ether oxygens (including phenoxy) is 2. The molecule has 3 rings (SSSR count). The van der Waals surface area contributed by atoms with Crippen molar-refractivity contribution in [3.05, 3.63) is 53.6 Å². The second kappa shape index (κ2) is 8.80. The van der Waals surface area contributed by atoms with Gasteiger partial charge in [0.2, 0.25) is 0 Å². The van der Waals surface area contributed by atoms with Gasteiger partial charge in [-0.2, -0.15) is 0 Å². The molecule has 27 heavy (non-hydrogen) atoms. The number of carbonyl (C=O) groups is 1. The maximum absolute atomic E-state index is 13.1. The fourth-order valence-corrected chi connectivity index (χ4v) is 3.30. The van der Waals surface area contributed by atoms with Crippen molar-refractivity contribution < 1.29 is 14.3 Å². The molecule has 0 bridgehead atoms. The Labute approximate surface area is 161 Å². The number of likely N-dealkylation sites (N-methyl/N-ethyl adjacent to an activating group) is 1. The van der Waals surface area contributed by atoms with Crippen LogP contribution in [0.3, 0.4) is 0 Å². The van der Waals surface area contributed by atoms with Gasteiger partial charge >= 0.3 is 0 Å². The Morgan fingerprint density at radius 3 is 2.70 bits per heavy atom. The summed E-state index contributed by atoms with van der Waals surface area (Å²) in [6, 6.07) is 13.7. The van der Waals surface area contributed by atoms with Crippen LogP contribution in [0.25, 0.3) is 0 Å². The third kappa shape index (κ3) is 4.35. The smallest absolute Gasteiger partial charge is 0.254 e. The molecule has 0 N–H and O–H groups in total. The molecule has 0 saturated carbocycles. The van der Waals surface area contributed by atoms with Gasteiger partial charge in [0.25, 0.3) is 5.91 Å². The maximum Gasteiger partial charge on any atom is 0.254 e. The van der Waals surface area contributed by atoms with Gasteiger partial charge in [0.1, 0.15) is 0 Å². The number of para-hydroxylation sites is 1. The van der Waals surface area contributed by atoms with Crippen molar-refractivity contribution in [3.8, 4) is 11.5 Å². The van der Waals surface area contributed by atoms with E-state index in [-0.39, 0.29) is 5.91 Å². The number of hydrogen-bond donors (Lipinski definition) is 0. The number of carbonyl (C=O) groups excluding carboxylic acids is 1. The molecule has 1 aliphatic rings. The molecule has 2 aromatic carbocycles. The average molecular weight is 368 g/mol. The van der Waals surface area contributed by atoms with Gasteiger partial charge in [0, 0.05) is 37.9 Å². The minimum atomic E-state index is 0.0125. The number of amides is 1. The number of hydrogen-bond acceptors (Lipinski definition) is 4. The molecular weight excluding hydrogens is 340 g/mol. The fraction of sp³-hybridized carbons (Fsp3) is 0.409. The number of benzene rings is 2. The average Bonchev–Trinajstić information content (AvgIpc) is 2.87. The van der Waals surface area contributed by atoms with E-state index in [1.165, 1.54) is 5.69 Å². The highest BCUT2D eigenvalue weighted by molar-refractivity contribution is 5.95. The fourth-order valence-electron chi connectivity index (χ4n) is 3.30. The summed E-state index contributed by atoms with van der Waals surface area (Å²) in [4.78, 5) is 17.2. The Hall–Kier alpha value is -2.69. The topological polar surface area (TPSA) is 42.0 Å². The molecule has 0 fully saturated rings. The van der Waals surface area contributed by atoms with Crippen LogP contribution in [0.1, 0.15) is 35.7 Å². The molecule has 0 atom stereocenters. The van der Waals surface area contributed by atoms with E-state index < -0.39 is 0 Å². The Kier molecular flexibility index (Phi) is 6.22. The molecule has 0 aliphatic carbocycles. The largest absolute Gasteiger partial charge is 0.493 e. The monoisotopic (exact) mass is 368 g/mol. The SMILES string of the molecule is CCCCOc1ccc(C(=O)N2CCN(C)c3ccccc3C2)cc1OC. The summed E-state index contributed by atoms with van der Waals surface area (Å²) in [5, 5.41) is 0. The molecule has 1 heterocycles. The molecule has 5 nitrogen and oxygen atoms in total. The summed E-state index contributed by atoms with van der Waals surface area (Å²) in [5.74, 6) is 1.30. The third-order valence-electron chi connectivity index (χ3n) is 4.92. The zero-order chi connectivity index (χ0) is 19.2. The van der Waals surface area contributed by atoms with Gasteiger partial charge in [0.05, 0.1) is 13.7 Å². The summed E-state index contributed by atoms with van der Waals surface area (Å²) in [5.41, 5.74) is 2.97. The predicted molar refractivity (Wildman–Crippen MR) is 108 cm³/mol. The van der Waals surface area contributed by atoms with Crippen LogP contribution in [0.4, 0.5) is 5.69 Å². The predicted octanol–water partition coefficient (Wildman–Crippen LogP) is 3.97. The minimum Gasteiger partial charge on any atom is -0.493 e. The van der Waals surface area contributed by atoms with E-state index in [1.807, 2.05) is 29.2 Å². The van der Waals surface area contributed by atoms with E-state index in [4.69, 9.17) is 9.47 Å². The molecule has 0 spiro atoms. The molecule has 144 valence electrons. The van der Waals surface area contributed by atoms with Gasteiger partial charge in [-0.3, -0.25) is 4.79 Å². The first-order valence-electron chi connectivity index (χ1n) is 9.53. The zero-order valence-electron chi connectivity index (χ0n) is 16.4. The summed E-state index contributed by atoms with van der Waals surface area (Å²) in [6.45, 7) is 4.87. The summed E-state index contributed by atoms with van der Waals surface area (Å²) in [7, 11) is 3.67. The number of nitrogens with zero attached hydrogens (tertiary/aromatic N) is 2. The maximum atomic E-state index is 13.1. The van der Waals surface area contributed by atoms with Gasteiger partial charge in [0.15, 0.2) is 11.5 Å². The highest BCUT2D eigenvalue weighted by Gasteiger charge is 2.23. The Bertz CT molecular complexity index is 791. The molecule has 1 aliphatic heterocycles.